The van der Waals surface area contributed by atoms with Crippen LogP contribution < -0.4 is 0 Å². The summed E-state index contributed by atoms with van der Waals surface area (Å²) >= 11 is 0. The van der Waals surface area contributed by atoms with Gasteiger partial charge >= 0.3 is 0 Å². The van der Waals surface area contributed by atoms with Crippen molar-refractivity contribution in [3.63, 3.8) is 0 Å². The smallest absolute Gasteiger partial charge is 0.211 e. The molecular weight excluding hydrogens is 206 g/mol. The van der Waals surface area contributed by atoms with Crippen LogP contribution in [0.15, 0.2) is 22.8 Å². The fraction of sp³-hybridized carbons (Fsp3) is 0.583. The molecule has 0 bridgehead atoms. The molecule has 16 heavy (non-hydrogen) atoms. The van der Waals surface area contributed by atoms with E-state index in [2.05, 4.69) is 4.90 Å². The second-order valence-electron chi connectivity index (χ2n) is 4.72. The molecule has 4 heteroatoms. The van der Waals surface area contributed by atoms with Gasteiger partial charge in [-0.3, -0.25) is 9.69 Å². The van der Waals surface area contributed by atoms with Crippen LogP contribution in [0.3, 0.4) is 0 Å². The third-order valence-electron chi connectivity index (χ3n) is 2.67. The van der Waals surface area contributed by atoms with E-state index in [-0.39, 0.29) is 11.4 Å². The lowest BCUT2D eigenvalue weighted by atomic mass is 10.1. The number of carbonyl (C=O) groups excluding carboxylic acids is 1. The topological polar surface area (TPSA) is 42.7 Å². The zero-order valence-electron chi connectivity index (χ0n) is 9.73. The lowest BCUT2D eigenvalue weighted by Gasteiger charge is -2.37. The molecule has 2 rings (SSSR count). The number of ether oxygens (including phenoxy) is 1. The van der Waals surface area contributed by atoms with Gasteiger partial charge in [-0.1, -0.05) is 0 Å². The zero-order valence-corrected chi connectivity index (χ0v) is 9.73. The lowest BCUT2D eigenvalue weighted by molar-refractivity contribution is -0.0834. The number of carbonyl (C=O) groups is 1. The summed E-state index contributed by atoms with van der Waals surface area (Å²) < 4.78 is 10.7. The number of rotatable bonds is 3. The second-order valence-corrected chi connectivity index (χ2v) is 4.72. The maximum absolute atomic E-state index is 11.8. The second kappa shape index (κ2) is 4.39. The summed E-state index contributed by atoms with van der Waals surface area (Å²) in [4.78, 5) is 13.9. The molecule has 0 spiro atoms. The minimum Gasteiger partial charge on any atom is -0.461 e. The van der Waals surface area contributed by atoms with Gasteiger partial charge in [0, 0.05) is 13.1 Å². The highest BCUT2D eigenvalue weighted by Gasteiger charge is 2.28. The zero-order chi connectivity index (χ0) is 11.6. The van der Waals surface area contributed by atoms with Gasteiger partial charge in [-0.2, -0.15) is 0 Å². The average molecular weight is 223 g/mol. The molecule has 0 radical (unpaired) electrons. The van der Waals surface area contributed by atoms with E-state index >= 15 is 0 Å². The quantitative estimate of drug-likeness (QED) is 0.729. The number of hydrogen-bond donors (Lipinski definition) is 0. The van der Waals surface area contributed by atoms with Gasteiger partial charge in [0.2, 0.25) is 5.78 Å². The first-order valence-electron chi connectivity index (χ1n) is 5.50. The largest absolute Gasteiger partial charge is 0.461 e. The Morgan fingerprint density at radius 3 is 3.00 bits per heavy atom. The highest BCUT2D eigenvalue weighted by Crippen LogP contribution is 2.16. The molecule has 88 valence electrons. The van der Waals surface area contributed by atoms with Crippen LogP contribution in [0.4, 0.5) is 0 Å². The average Bonchev–Trinajstić information content (AvgIpc) is 2.68. The van der Waals surface area contributed by atoms with E-state index in [9.17, 15) is 4.79 Å². The van der Waals surface area contributed by atoms with Gasteiger partial charge in [-0.15, -0.1) is 0 Å². The Bertz CT molecular complexity index is 356. The van der Waals surface area contributed by atoms with Gasteiger partial charge in [0.05, 0.1) is 25.0 Å². The lowest BCUT2D eigenvalue weighted by Crippen LogP contribution is -2.49. The Labute approximate surface area is 95.2 Å². The van der Waals surface area contributed by atoms with Crippen molar-refractivity contribution in [2.75, 3.05) is 26.2 Å². The Morgan fingerprint density at radius 2 is 2.38 bits per heavy atom. The van der Waals surface area contributed by atoms with Gasteiger partial charge in [0.25, 0.3) is 0 Å². The normalized spacial score (nSPS) is 20.9. The Kier molecular flexibility index (Phi) is 3.12. The predicted octanol–water partition coefficient (Wildman–Crippen LogP) is 1.57. The fourth-order valence-corrected chi connectivity index (χ4v) is 1.97. The van der Waals surface area contributed by atoms with Crippen molar-refractivity contribution in [1.29, 1.82) is 0 Å². The van der Waals surface area contributed by atoms with Crippen LogP contribution in [0.5, 0.6) is 0 Å². The summed E-state index contributed by atoms with van der Waals surface area (Å²) in [6, 6.07) is 3.43. The van der Waals surface area contributed by atoms with Crippen LogP contribution in [0.25, 0.3) is 0 Å². The molecular formula is C12H17NO3. The maximum Gasteiger partial charge on any atom is 0.211 e. The summed E-state index contributed by atoms with van der Waals surface area (Å²) in [5, 5.41) is 0. The molecule has 4 nitrogen and oxygen atoms in total. The summed E-state index contributed by atoms with van der Waals surface area (Å²) in [7, 11) is 0. The Hall–Kier alpha value is -1.13. The van der Waals surface area contributed by atoms with E-state index in [0.29, 0.717) is 18.9 Å². The van der Waals surface area contributed by atoms with Crippen molar-refractivity contribution in [2.24, 2.45) is 0 Å². The van der Waals surface area contributed by atoms with Crippen LogP contribution in [0.1, 0.15) is 24.4 Å². The van der Waals surface area contributed by atoms with E-state index in [1.165, 1.54) is 6.26 Å². The molecule has 0 aromatic carbocycles. The molecule has 0 unspecified atom stereocenters. The number of morpholine rings is 1. The SMILES string of the molecule is CC1(C)CN(CC(=O)c2ccco2)CCO1. The minimum atomic E-state index is -0.165. The fourth-order valence-electron chi connectivity index (χ4n) is 1.97. The monoisotopic (exact) mass is 223 g/mol. The number of hydrogen-bond acceptors (Lipinski definition) is 4. The van der Waals surface area contributed by atoms with E-state index in [1.54, 1.807) is 12.1 Å². The molecule has 0 amide bonds. The third kappa shape index (κ3) is 2.71. The van der Waals surface area contributed by atoms with Gasteiger partial charge in [0.1, 0.15) is 0 Å². The molecule has 0 aliphatic carbocycles. The van der Waals surface area contributed by atoms with Crippen molar-refractivity contribution in [2.45, 2.75) is 19.4 Å². The van der Waals surface area contributed by atoms with Gasteiger partial charge in [-0.25, -0.2) is 0 Å². The first-order chi connectivity index (χ1) is 7.57. The standard InChI is InChI=1S/C12H17NO3/c1-12(2)9-13(5-7-16-12)8-10(14)11-4-3-6-15-11/h3-4,6H,5,7-9H2,1-2H3. The van der Waals surface area contributed by atoms with Crippen LogP contribution in [-0.4, -0.2) is 42.5 Å². The number of nitrogens with zero attached hydrogens (tertiary/aromatic N) is 1. The van der Waals surface area contributed by atoms with Crippen molar-refractivity contribution in [1.82, 2.24) is 4.90 Å². The van der Waals surface area contributed by atoms with Gasteiger partial charge in [-0.05, 0) is 26.0 Å². The van der Waals surface area contributed by atoms with Gasteiger partial charge < -0.3 is 9.15 Å². The Morgan fingerprint density at radius 1 is 1.56 bits per heavy atom. The third-order valence-corrected chi connectivity index (χ3v) is 2.67. The molecule has 0 atom stereocenters. The molecule has 1 aliphatic rings. The van der Waals surface area contributed by atoms with Crippen molar-refractivity contribution in [3.8, 4) is 0 Å². The predicted molar refractivity (Wildman–Crippen MR) is 59.5 cm³/mol. The summed E-state index contributed by atoms with van der Waals surface area (Å²) in [5.41, 5.74) is -0.165. The van der Waals surface area contributed by atoms with Crippen molar-refractivity contribution < 1.29 is 13.9 Å². The van der Waals surface area contributed by atoms with E-state index in [1.807, 2.05) is 13.8 Å². The van der Waals surface area contributed by atoms with Crippen molar-refractivity contribution >= 4 is 5.78 Å². The molecule has 1 aromatic rings. The molecule has 1 fully saturated rings. The summed E-state index contributed by atoms with van der Waals surface area (Å²) in [6.45, 7) is 6.74. The van der Waals surface area contributed by atoms with E-state index in [4.69, 9.17) is 9.15 Å². The molecule has 1 aromatic heterocycles. The number of ketones is 1. The minimum absolute atomic E-state index is 0.0303. The van der Waals surface area contributed by atoms with E-state index in [0.717, 1.165) is 13.1 Å². The molecule has 0 saturated carbocycles. The number of furan rings is 1. The highest BCUT2D eigenvalue weighted by atomic mass is 16.5. The van der Waals surface area contributed by atoms with Gasteiger partial charge in [0.15, 0.2) is 5.76 Å². The first kappa shape index (κ1) is 11.4. The first-order valence-corrected chi connectivity index (χ1v) is 5.50. The van der Waals surface area contributed by atoms with Crippen LogP contribution >= 0.6 is 0 Å². The van der Waals surface area contributed by atoms with Crippen LogP contribution in [0.2, 0.25) is 0 Å². The molecule has 1 aliphatic heterocycles. The summed E-state index contributed by atoms with van der Waals surface area (Å²) in [6.07, 6.45) is 1.52. The maximum atomic E-state index is 11.8. The molecule has 2 heterocycles. The molecule has 1 saturated heterocycles. The number of Topliss-reactive ketones (excluding diaryl/α,β-unsaturated/α-hetero) is 1. The van der Waals surface area contributed by atoms with Crippen LogP contribution in [-0.2, 0) is 4.74 Å². The highest BCUT2D eigenvalue weighted by molar-refractivity contribution is 5.94. The van der Waals surface area contributed by atoms with Crippen molar-refractivity contribution in [3.05, 3.63) is 24.2 Å². The van der Waals surface area contributed by atoms with E-state index < -0.39 is 0 Å². The Balaban J connectivity index is 1.92. The van der Waals surface area contributed by atoms with Crippen LogP contribution in [0, 0.1) is 0 Å². The molecule has 0 N–H and O–H groups in total. The summed E-state index contributed by atoms with van der Waals surface area (Å²) in [5.74, 6) is 0.465.